The van der Waals surface area contributed by atoms with Gasteiger partial charge in [-0.05, 0) is 150 Å². The average molecular weight is 893 g/mol. The highest BCUT2D eigenvalue weighted by Crippen LogP contribution is 2.57. The Morgan fingerprint density at radius 1 is 0.329 bits per heavy atom. The Morgan fingerprint density at radius 3 is 1.56 bits per heavy atom. The molecule has 1 aromatic heterocycles. The van der Waals surface area contributed by atoms with Gasteiger partial charge in [-0.1, -0.05) is 196 Å². The summed E-state index contributed by atoms with van der Waals surface area (Å²) in [5.74, 6) is 0. The first kappa shape index (κ1) is 40.4. The molecule has 0 aliphatic heterocycles. The summed E-state index contributed by atoms with van der Waals surface area (Å²) in [6.07, 6.45) is 0. The van der Waals surface area contributed by atoms with E-state index in [4.69, 9.17) is 0 Å². The zero-order valence-corrected chi connectivity index (χ0v) is 39.1. The van der Waals surface area contributed by atoms with Gasteiger partial charge in [0.2, 0.25) is 0 Å². The third kappa shape index (κ3) is 5.87. The van der Waals surface area contributed by atoms with Crippen LogP contribution < -0.4 is 4.90 Å². The van der Waals surface area contributed by atoms with Crippen LogP contribution in [0.3, 0.4) is 0 Å². The van der Waals surface area contributed by atoms with Gasteiger partial charge in [0, 0.05) is 38.9 Å². The van der Waals surface area contributed by atoms with E-state index in [2.05, 4.69) is 278 Å². The number of aromatic nitrogens is 1. The highest BCUT2D eigenvalue weighted by molar-refractivity contribution is 6.11. The second-order valence-corrected chi connectivity index (χ2v) is 19.7. The van der Waals surface area contributed by atoms with E-state index < -0.39 is 5.41 Å². The minimum atomic E-state index is -0.519. The van der Waals surface area contributed by atoms with Gasteiger partial charge in [-0.25, -0.2) is 0 Å². The molecule has 12 aromatic rings. The maximum absolute atomic E-state index is 2.50. The predicted molar refractivity (Wildman–Crippen MR) is 293 cm³/mol. The SMILES string of the molecule is CC1(C)c2ccccc2-c2ccc(N(c3ccc(-c4ccc5ccccc5c4)cc3)c3ccc4c(c3)c3cc(C5(c6ccccc6)c6ccccc6-c6ccccc65)ccc3n4-c3ccccc3)cc21. The molecule has 0 saturated heterocycles. The summed E-state index contributed by atoms with van der Waals surface area (Å²) in [5.41, 5.74) is 21.6. The lowest BCUT2D eigenvalue weighted by Crippen LogP contribution is -2.28. The Balaban J connectivity index is 1.01. The Labute approximate surface area is 409 Å². The molecular formula is C68H48N2. The molecule has 0 saturated carbocycles. The number of hydrogen-bond donors (Lipinski definition) is 0. The topological polar surface area (TPSA) is 8.17 Å². The van der Waals surface area contributed by atoms with Crippen LogP contribution >= 0.6 is 0 Å². The molecule has 0 spiro atoms. The van der Waals surface area contributed by atoms with Crippen molar-refractivity contribution < 1.29 is 0 Å². The molecule has 0 bridgehead atoms. The van der Waals surface area contributed by atoms with Gasteiger partial charge in [-0.3, -0.25) is 0 Å². The average Bonchev–Trinajstić information content (AvgIpc) is 4.00. The highest BCUT2D eigenvalue weighted by atomic mass is 15.1. The van der Waals surface area contributed by atoms with E-state index in [1.807, 2.05) is 0 Å². The summed E-state index contributed by atoms with van der Waals surface area (Å²) < 4.78 is 2.45. The first-order valence-corrected chi connectivity index (χ1v) is 24.5. The molecule has 11 aromatic carbocycles. The van der Waals surface area contributed by atoms with E-state index in [9.17, 15) is 0 Å². The van der Waals surface area contributed by atoms with Crippen LogP contribution in [0.2, 0.25) is 0 Å². The lowest BCUT2D eigenvalue weighted by molar-refractivity contribution is 0.660. The zero-order chi connectivity index (χ0) is 46.6. The van der Waals surface area contributed by atoms with Crippen LogP contribution in [0.25, 0.3) is 71.6 Å². The van der Waals surface area contributed by atoms with Crippen molar-refractivity contribution in [2.45, 2.75) is 24.7 Å². The molecule has 2 aliphatic carbocycles. The van der Waals surface area contributed by atoms with Crippen molar-refractivity contribution in [1.29, 1.82) is 0 Å². The summed E-state index contributed by atoms with van der Waals surface area (Å²) in [6.45, 7) is 4.74. The molecule has 0 N–H and O–H groups in total. The molecular weight excluding hydrogens is 845 g/mol. The maximum atomic E-state index is 2.50. The van der Waals surface area contributed by atoms with Gasteiger partial charge in [0.15, 0.2) is 0 Å². The number of hydrogen-bond acceptors (Lipinski definition) is 1. The van der Waals surface area contributed by atoms with Crippen LogP contribution in [0, 0.1) is 0 Å². The summed E-state index contributed by atoms with van der Waals surface area (Å²) in [4.78, 5) is 2.47. The monoisotopic (exact) mass is 892 g/mol. The van der Waals surface area contributed by atoms with E-state index in [1.165, 1.54) is 99.3 Å². The van der Waals surface area contributed by atoms with Crippen molar-refractivity contribution in [3.63, 3.8) is 0 Å². The van der Waals surface area contributed by atoms with Gasteiger partial charge in [0.05, 0.1) is 16.4 Å². The molecule has 0 unspecified atom stereocenters. The molecule has 2 aliphatic rings. The van der Waals surface area contributed by atoms with Gasteiger partial charge in [-0.2, -0.15) is 0 Å². The van der Waals surface area contributed by atoms with Gasteiger partial charge in [0.1, 0.15) is 0 Å². The van der Waals surface area contributed by atoms with Crippen LogP contribution in [0.1, 0.15) is 47.2 Å². The zero-order valence-electron chi connectivity index (χ0n) is 39.1. The van der Waals surface area contributed by atoms with E-state index >= 15 is 0 Å². The van der Waals surface area contributed by atoms with Crippen molar-refractivity contribution in [3.8, 4) is 39.1 Å². The molecule has 2 nitrogen and oxygen atoms in total. The van der Waals surface area contributed by atoms with Crippen LogP contribution in [0.4, 0.5) is 17.1 Å². The molecule has 0 atom stereocenters. The predicted octanol–water partition coefficient (Wildman–Crippen LogP) is 17.7. The molecule has 0 fully saturated rings. The largest absolute Gasteiger partial charge is 0.310 e. The summed E-state index contributed by atoms with van der Waals surface area (Å²) in [6, 6.07) is 95.0. The number of rotatable bonds is 7. The first-order chi connectivity index (χ1) is 34.5. The Kier molecular flexibility index (Phi) is 8.88. The van der Waals surface area contributed by atoms with Gasteiger partial charge >= 0.3 is 0 Å². The minimum Gasteiger partial charge on any atom is -0.310 e. The number of nitrogens with zero attached hydrogens (tertiary/aromatic N) is 2. The van der Waals surface area contributed by atoms with Crippen LogP contribution in [-0.2, 0) is 10.8 Å². The van der Waals surface area contributed by atoms with Crippen molar-refractivity contribution >= 4 is 49.6 Å². The Hall–Kier alpha value is -8.72. The molecule has 70 heavy (non-hydrogen) atoms. The number of benzene rings is 11. The first-order valence-electron chi connectivity index (χ1n) is 24.5. The molecule has 14 rings (SSSR count). The van der Waals surface area contributed by atoms with Crippen molar-refractivity contribution in [2.24, 2.45) is 0 Å². The van der Waals surface area contributed by atoms with E-state index in [-0.39, 0.29) is 5.41 Å². The lowest BCUT2D eigenvalue weighted by atomic mass is 9.67. The van der Waals surface area contributed by atoms with Gasteiger partial charge in [0.25, 0.3) is 0 Å². The number of para-hydroxylation sites is 1. The minimum absolute atomic E-state index is 0.150. The fraction of sp³-hybridized carbons (Fsp3) is 0.0588. The van der Waals surface area contributed by atoms with Gasteiger partial charge < -0.3 is 9.47 Å². The Morgan fingerprint density at radius 2 is 0.843 bits per heavy atom. The van der Waals surface area contributed by atoms with Gasteiger partial charge in [-0.15, -0.1) is 0 Å². The third-order valence-corrected chi connectivity index (χ3v) is 15.6. The number of fused-ring (bicyclic) bond motifs is 10. The smallest absolute Gasteiger partial charge is 0.0713 e. The molecule has 0 amide bonds. The maximum Gasteiger partial charge on any atom is 0.0713 e. The van der Waals surface area contributed by atoms with Crippen LogP contribution in [-0.4, -0.2) is 4.57 Å². The molecule has 330 valence electrons. The fourth-order valence-corrected chi connectivity index (χ4v) is 12.4. The summed E-state index contributed by atoms with van der Waals surface area (Å²) in [5, 5.41) is 4.91. The van der Waals surface area contributed by atoms with Crippen LogP contribution in [0.15, 0.2) is 255 Å². The van der Waals surface area contributed by atoms with Crippen LogP contribution in [0.5, 0.6) is 0 Å². The molecule has 2 heteroatoms. The standard InChI is InChI=1S/C68H48N2/c1-67(2)61-26-14-11-23-55(61)58-38-36-54(44-64(58)67)69(52-34-31-46(32-35-52)48-30-29-45-17-9-10-18-47(45)41-48)53-37-40-66-60(43-53)59-42-50(33-39-65(59)70(66)51-21-7-4-8-22-51)68(49-19-5-3-6-20-49)62-27-15-12-24-56(62)57-25-13-16-28-63(57)68/h3-44H,1-2H3. The van der Waals surface area contributed by atoms with E-state index in [0.717, 1.165) is 22.7 Å². The third-order valence-electron chi connectivity index (χ3n) is 15.6. The van der Waals surface area contributed by atoms with E-state index in [0.29, 0.717) is 0 Å². The summed E-state index contributed by atoms with van der Waals surface area (Å²) >= 11 is 0. The Bertz CT molecular complexity index is 3980. The van der Waals surface area contributed by atoms with Crippen molar-refractivity contribution in [2.75, 3.05) is 4.90 Å². The highest BCUT2D eigenvalue weighted by Gasteiger charge is 2.46. The second kappa shape index (κ2) is 15.4. The van der Waals surface area contributed by atoms with Crippen molar-refractivity contribution in [1.82, 2.24) is 4.57 Å². The lowest BCUT2D eigenvalue weighted by Gasteiger charge is -2.34. The second-order valence-electron chi connectivity index (χ2n) is 19.7. The van der Waals surface area contributed by atoms with E-state index in [1.54, 1.807) is 0 Å². The summed E-state index contributed by atoms with van der Waals surface area (Å²) in [7, 11) is 0. The normalized spacial score (nSPS) is 13.8. The molecule has 1 heterocycles. The number of anilines is 3. The fourth-order valence-electron chi connectivity index (χ4n) is 12.4. The molecule has 0 radical (unpaired) electrons. The van der Waals surface area contributed by atoms with Crippen molar-refractivity contribution in [3.05, 3.63) is 288 Å². The quantitative estimate of drug-likeness (QED) is 0.155.